The molecule has 0 radical (unpaired) electrons. The van der Waals surface area contributed by atoms with Gasteiger partial charge in [-0.25, -0.2) is 12.8 Å². The first-order valence-electron chi connectivity index (χ1n) is 7.50. The monoisotopic (exact) mass is 318 g/mol. The van der Waals surface area contributed by atoms with Crippen molar-refractivity contribution in [3.63, 3.8) is 0 Å². The van der Waals surface area contributed by atoms with Crippen LogP contribution in [-0.2, 0) is 9.84 Å². The summed E-state index contributed by atoms with van der Waals surface area (Å²) in [5.74, 6) is 0. The first-order valence-corrected chi connectivity index (χ1v) is 9.39. The van der Waals surface area contributed by atoms with Gasteiger partial charge in [0.05, 0.1) is 4.90 Å². The molecular weight excluding hydrogens is 299 g/mol. The highest BCUT2D eigenvalue weighted by Gasteiger charge is 2.20. The molecule has 22 heavy (non-hydrogen) atoms. The molecule has 1 atom stereocenters. The Morgan fingerprint density at radius 2 is 1.77 bits per heavy atom. The van der Waals surface area contributed by atoms with Gasteiger partial charge in [-0.3, -0.25) is 0 Å². The Morgan fingerprint density at radius 1 is 1.09 bits per heavy atom. The second kappa shape index (κ2) is 5.84. The van der Waals surface area contributed by atoms with Crippen molar-refractivity contribution in [1.82, 2.24) is 0 Å². The maximum Gasteiger partial charge on any atom is 0.175 e. The lowest BCUT2D eigenvalue weighted by molar-refractivity contribution is 0.401. The number of rotatable bonds is 3. The maximum absolute atomic E-state index is 13.2. The molecule has 0 aromatic heterocycles. The van der Waals surface area contributed by atoms with Crippen molar-refractivity contribution in [2.45, 2.75) is 36.8 Å². The molecule has 1 aromatic rings. The van der Waals surface area contributed by atoms with Crippen LogP contribution in [0.4, 0.5) is 4.39 Å². The predicted molar refractivity (Wildman–Crippen MR) is 87.1 cm³/mol. The van der Waals surface area contributed by atoms with E-state index in [1.165, 1.54) is 17.4 Å². The van der Waals surface area contributed by atoms with Gasteiger partial charge in [0, 0.05) is 12.7 Å². The molecule has 0 amide bonds. The molecule has 3 rings (SSSR count). The fourth-order valence-corrected chi connectivity index (χ4v) is 3.73. The van der Waals surface area contributed by atoms with E-state index in [0.29, 0.717) is 11.3 Å². The number of allylic oxidation sites excluding steroid dienone is 6. The summed E-state index contributed by atoms with van der Waals surface area (Å²) in [6.07, 6.45) is 9.31. The van der Waals surface area contributed by atoms with E-state index in [9.17, 15) is 12.8 Å². The summed E-state index contributed by atoms with van der Waals surface area (Å²) in [6, 6.07) is 7.08. The Hall–Kier alpha value is -1.68. The molecule has 2 nitrogen and oxygen atoms in total. The molecule has 0 fully saturated rings. The molecule has 0 saturated heterocycles. The van der Waals surface area contributed by atoms with Crippen molar-refractivity contribution in [2.24, 2.45) is 0 Å². The van der Waals surface area contributed by atoms with Crippen molar-refractivity contribution < 1.29 is 12.8 Å². The minimum absolute atomic E-state index is 0.341. The van der Waals surface area contributed by atoms with E-state index < -0.39 is 16.0 Å². The van der Waals surface area contributed by atoms with Crippen LogP contribution in [0.2, 0.25) is 0 Å². The third-order valence-electron chi connectivity index (χ3n) is 4.24. The van der Waals surface area contributed by atoms with Crippen molar-refractivity contribution in [3.05, 3.63) is 59.2 Å². The van der Waals surface area contributed by atoms with Crippen LogP contribution in [0.3, 0.4) is 0 Å². The molecule has 2 aliphatic carbocycles. The highest BCUT2D eigenvalue weighted by atomic mass is 32.2. The van der Waals surface area contributed by atoms with E-state index in [1.807, 2.05) is 24.3 Å². The molecule has 0 aliphatic heterocycles. The van der Waals surface area contributed by atoms with E-state index in [4.69, 9.17) is 0 Å². The summed E-state index contributed by atoms with van der Waals surface area (Å²) < 4.78 is 36.3. The Morgan fingerprint density at radius 3 is 2.36 bits per heavy atom. The van der Waals surface area contributed by atoms with Gasteiger partial charge in [-0.1, -0.05) is 24.3 Å². The second-order valence-electron chi connectivity index (χ2n) is 5.88. The molecule has 0 saturated carbocycles. The lowest BCUT2D eigenvalue weighted by atomic mass is 9.93. The van der Waals surface area contributed by atoms with Crippen LogP contribution < -0.4 is 0 Å². The standard InChI is InChI=1S/C18H19FO2S/c1-22(20,21)16-11-7-14(8-12-16)18-4-2-3-17(18)13-5-9-15(19)10-6-13/h5-9,11-12,15H,2-4,10H2,1H3. The lowest BCUT2D eigenvalue weighted by Crippen LogP contribution is -2.00. The Balaban J connectivity index is 1.96. The van der Waals surface area contributed by atoms with Crippen molar-refractivity contribution in [3.8, 4) is 0 Å². The fraction of sp³-hybridized carbons (Fsp3) is 0.333. The minimum Gasteiger partial charge on any atom is -0.243 e. The third kappa shape index (κ3) is 3.07. The summed E-state index contributed by atoms with van der Waals surface area (Å²) in [5, 5.41) is 0. The predicted octanol–water partition coefficient (Wildman–Crippen LogP) is 4.25. The van der Waals surface area contributed by atoms with Gasteiger partial charge in [-0.2, -0.15) is 0 Å². The van der Waals surface area contributed by atoms with Crippen LogP contribution >= 0.6 is 0 Å². The molecule has 0 heterocycles. The number of sulfone groups is 1. The molecular formula is C18H19FO2S. The number of hydrogen-bond acceptors (Lipinski definition) is 2. The molecule has 116 valence electrons. The highest BCUT2D eigenvalue weighted by Crippen LogP contribution is 2.39. The summed E-state index contributed by atoms with van der Waals surface area (Å²) in [5.41, 5.74) is 4.72. The van der Waals surface area contributed by atoms with Crippen LogP contribution in [0, 0.1) is 0 Å². The smallest absolute Gasteiger partial charge is 0.175 e. The van der Waals surface area contributed by atoms with E-state index in [2.05, 4.69) is 0 Å². The van der Waals surface area contributed by atoms with Gasteiger partial charge in [0.1, 0.15) is 6.17 Å². The molecule has 1 unspecified atom stereocenters. The van der Waals surface area contributed by atoms with Crippen molar-refractivity contribution >= 4 is 15.4 Å². The first kappa shape index (κ1) is 15.2. The van der Waals surface area contributed by atoms with Gasteiger partial charge < -0.3 is 0 Å². The molecule has 0 N–H and O–H groups in total. The Labute approximate surface area is 131 Å². The number of hydrogen-bond donors (Lipinski definition) is 0. The topological polar surface area (TPSA) is 34.1 Å². The molecule has 1 aromatic carbocycles. The van der Waals surface area contributed by atoms with E-state index in [1.54, 1.807) is 18.2 Å². The summed E-state index contributed by atoms with van der Waals surface area (Å²) in [4.78, 5) is 0.341. The SMILES string of the molecule is CS(=O)(=O)c1ccc(C2=C(C3=CCC(F)C=C3)CCC2)cc1. The Kier molecular flexibility index (Phi) is 4.04. The second-order valence-corrected chi connectivity index (χ2v) is 7.89. The van der Waals surface area contributed by atoms with Gasteiger partial charge in [-0.05, 0) is 59.8 Å². The van der Waals surface area contributed by atoms with E-state index in [0.717, 1.165) is 30.4 Å². The van der Waals surface area contributed by atoms with Crippen LogP contribution in [0.25, 0.3) is 5.57 Å². The van der Waals surface area contributed by atoms with Crippen molar-refractivity contribution in [2.75, 3.05) is 6.26 Å². The third-order valence-corrected chi connectivity index (χ3v) is 5.37. The van der Waals surface area contributed by atoms with Crippen LogP contribution in [0.1, 0.15) is 31.2 Å². The maximum atomic E-state index is 13.2. The summed E-state index contributed by atoms with van der Waals surface area (Å²) >= 11 is 0. The Bertz CT molecular complexity index is 768. The number of alkyl halides is 1. The quantitative estimate of drug-likeness (QED) is 0.835. The zero-order valence-corrected chi connectivity index (χ0v) is 13.4. The molecule has 2 aliphatic rings. The van der Waals surface area contributed by atoms with Gasteiger partial charge in [0.2, 0.25) is 0 Å². The van der Waals surface area contributed by atoms with Crippen LogP contribution in [0.15, 0.2) is 58.5 Å². The minimum atomic E-state index is -3.16. The largest absolute Gasteiger partial charge is 0.243 e. The van der Waals surface area contributed by atoms with Crippen LogP contribution in [0.5, 0.6) is 0 Å². The van der Waals surface area contributed by atoms with Gasteiger partial charge in [0.15, 0.2) is 9.84 Å². The van der Waals surface area contributed by atoms with Gasteiger partial charge in [0.25, 0.3) is 0 Å². The fourth-order valence-electron chi connectivity index (χ4n) is 3.10. The van der Waals surface area contributed by atoms with Gasteiger partial charge >= 0.3 is 0 Å². The first-order chi connectivity index (χ1) is 10.4. The van der Waals surface area contributed by atoms with E-state index >= 15 is 0 Å². The zero-order chi connectivity index (χ0) is 15.7. The average molecular weight is 318 g/mol. The van der Waals surface area contributed by atoms with Gasteiger partial charge in [-0.15, -0.1) is 0 Å². The molecule has 4 heteroatoms. The number of halogens is 1. The molecule has 0 spiro atoms. The highest BCUT2D eigenvalue weighted by molar-refractivity contribution is 7.90. The summed E-state index contributed by atoms with van der Waals surface area (Å²) in [6.45, 7) is 0. The normalized spacial score (nSPS) is 22.1. The zero-order valence-electron chi connectivity index (χ0n) is 12.5. The average Bonchev–Trinajstić information content (AvgIpc) is 2.97. The summed E-state index contributed by atoms with van der Waals surface area (Å²) in [7, 11) is -3.16. The van der Waals surface area contributed by atoms with E-state index in [-0.39, 0.29) is 0 Å². The molecule has 0 bridgehead atoms. The number of benzene rings is 1. The van der Waals surface area contributed by atoms with Crippen molar-refractivity contribution in [1.29, 1.82) is 0 Å². The van der Waals surface area contributed by atoms with Crippen LogP contribution in [-0.4, -0.2) is 20.8 Å². The lowest BCUT2D eigenvalue weighted by Gasteiger charge is -2.14.